The van der Waals surface area contributed by atoms with Gasteiger partial charge in [0.25, 0.3) is 0 Å². The molecule has 2 N–H and O–H groups in total. The summed E-state index contributed by atoms with van der Waals surface area (Å²) in [6, 6.07) is 14.9. The maximum atomic E-state index is 6.14. The van der Waals surface area contributed by atoms with Crippen LogP contribution in [-0.2, 0) is 0 Å². The summed E-state index contributed by atoms with van der Waals surface area (Å²) in [5, 5.41) is 1.39. The van der Waals surface area contributed by atoms with E-state index in [1.807, 2.05) is 48.5 Å². The van der Waals surface area contributed by atoms with Crippen LogP contribution in [-0.4, -0.2) is 0 Å². The summed E-state index contributed by atoms with van der Waals surface area (Å²) in [6.07, 6.45) is 0. The van der Waals surface area contributed by atoms with Crippen molar-refractivity contribution in [3.8, 4) is 0 Å². The van der Waals surface area contributed by atoms with Gasteiger partial charge in [0.05, 0.1) is 6.04 Å². The van der Waals surface area contributed by atoms with Crippen molar-refractivity contribution < 1.29 is 0 Å². The van der Waals surface area contributed by atoms with Crippen LogP contribution in [0.5, 0.6) is 0 Å². The number of rotatable bonds is 2. The highest BCUT2D eigenvalue weighted by atomic mass is 35.5. The molecule has 0 aromatic heterocycles. The lowest BCUT2D eigenvalue weighted by Crippen LogP contribution is -2.12. The highest BCUT2D eigenvalue weighted by molar-refractivity contribution is 6.31. The Morgan fingerprint density at radius 2 is 1.50 bits per heavy atom. The topological polar surface area (TPSA) is 26.0 Å². The largest absolute Gasteiger partial charge is 0.320 e. The third-order valence-electron chi connectivity index (χ3n) is 2.47. The molecule has 0 radical (unpaired) electrons. The second-order valence-electron chi connectivity index (χ2n) is 3.55. The molecule has 2 aromatic rings. The van der Waals surface area contributed by atoms with E-state index in [2.05, 4.69) is 0 Å². The van der Waals surface area contributed by atoms with Crippen molar-refractivity contribution in [2.75, 3.05) is 0 Å². The van der Waals surface area contributed by atoms with E-state index in [-0.39, 0.29) is 6.04 Å². The number of nitrogens with two attached hydrogens (primary N) is 1. The minimum Gasteiger partial charge on any atom is -0.320 e. The molecule has 0 saturated carbocycles. The molecule has 0 amide bonds. The van der Waals surface area contributed by atoms with Gasteiger partial charge in [0.15, 0.2) is 0 Å². The van der Waals surface area contributed by atoms with Crippen LogP contribution in [0.15, 0.2) is 48.5 Å². The summed E-state index contributed by atoms with van der Waals surface area (Å²) >= 11 is 11.9. The average molecular weight is 252 g/mol. The number of hydrogen-bond acceptors (Lipinski definition) is 1. The van der Waals surface area contributed by atoms with Crippen LogP contribution in [0.1, 0.15) is 17.2 Å². The van der Waals surface area contributed by atoms with E-state index < -0.39 is 0 Å². The summed E-state index contributed by atoms with van der Waals surface area (Å²) in [5.74, 6) is 0. The SMILES string of the molecule is NC(c1ccc(Cl)cc1)c1ccccc1Cl. The Balaban J connectivity index is 2.35. The zero-order valence-electron chi connectivity index (χ0n) is 8.53. The first-order valence-electron chi connectivity index (χ1n) is 4.94. The molecule has 0 fully saturated rings. The van der Waals surface area contributed by atoms with Gasteiger partial charge in [0.2, 0.25) is 0 Å². The third kappa shape index (κ3) is 2.38. The van der Waals surface area contributed by atoms with Gasteiger partial charge in [0, 0.05) is 10.0 Å². The molecule has 16 heavy (non-hydrogen) atoms. The van der Waals surface area contributed by atoms with E-state index in [1.165, 1.54) is 0 Å². The van der Waals surface area contributed by atoms with Gasteiger partial charge in [-0.15, -0.1) is 0 Å². The minimum atomic E-state index is -0.217. The molecular weight excluding hydrogens is 241 g/mol. The molecule has 1 unspecified atom stereocenters. The van der Waals surface area contributed by atoms with Crippen molar-refractivity contribution >= 4 is 23.2 Å². The predicted molar refractivity (Wildman–Crippen MR) is 68.9 cm³/mol. The standard InChI is InChI=1S/C13H11Cl2N/c14-10-7-5-9(6-8-10)13(16)11-3-1-2-4-12(11)15/h1-8,13H,16H2. The van der Waals surface area contributed by atoms with Crippen molar-refractivity contribution in [3.05, 3.63) is 69.7 Å². The molecule has 0 aliphatic carbocycles. The number of hydrogen-bond donors (Lipinski definition) is 1. The molecule has 82 valence electrons. The summed E-state index contributed by atoms with van der Waals surface area (Å²) in [7, 11) is 0. The molecule has 0 aliphatic heterocycles. The maximum Gasteiger partial charge on any atom is 0.0566 e. The first-order valence-corrected chi connectivity index (χ1v) is 5.69. The molecule has 0 aliphatic rings. The normalized spacial score (nSPS) is 12.4. The van der Waals surface area contributed by atoms with Crippen molar-refractivity contribution in [1.82, 2.24) is 0 Å². The van der Waals surface area contributed by atoms with E-state index >= 15 is 0 Å². The highest BCUT2D eigenvalue weighted by Gasteiger charge is 2.11. The molecule has 3 heteroatoms. The van der Waals surface area contributed by atoms with Crippen molar-refractivity contribution in [2.45, 2.75) is 6.04 Å². The summed E-state index contributed by atoms with van der Waals surface area (Å²) in [6.45, 7) is 0. The molecule has 1 atom stereocenters. The number of halogens is 2. The average Bonchev–Trinajstić information content (AvgIpc) is 2.30. The van der Waals surface area contributed by atoms with E-state index in [1.54, 1.807) is 0 Å². The molecule has 0 bridgehead atoms. The monoisotopic (exact) mass is 251 g/mol. The Hall–Kier alpha value is -1.02. The van der Waals surface area contributed by atoms with Gasteiger partial charge >= 0.3 is 0 Å². The predicted octanol–water partition coefficient (Wildman–Crippen LogP) is 4.04. The van der Waals surface area contributed by atoms with Crippen molar-refractivity contribution in [1.29, 1.82) is 0 Å². The fourth-order valence-corrected chi connectivity index (χ4v) is 1.96. The van der Waals surface area contributed by atoms with Crippen molar-refractivity contribution in [2.24, 2.45) is 5.73 Å². The molecular formula is C13H11Cl2N. The van der Waals surface area contributed by atoms with Crippen LogP contribution in [0.3, 0.4) is 0 Å². The van der Waals surface area contributed by atoms with E-state index in [0.29, 0.717) is 10.0 Å². The van der Waals surface area contributed by atoms with Crippen LogP contribution in [0.25, 0.3) is 0 Å². The third-order valence-corrected chi connectivity index (χ3v) is 3.07. The van der Waals surface area contributed by atoms with Crippen LogP contribution in [0, 0.1) is 0 Å². The fourth-order valence-electron chi connectivity index (χ4n) is 1.58. The zero-order chi connectivity index (χ0) is 11.5. The van der Waals surface area contributed by atoms with E-state index in [4.69, 9.17) is 28.9 Å². The Morgan fingerprint density at radius 3 is 2.12 bits per heavy atom. The highest BCUT2D eigenvalue weighted by Crippen LogP contribution is 2.26. The van der Waals surface area contributed by atoms with Crippen LogP contribution >= 0.6 is 23.2 Å². The van der Waals surface area contributed by atoms with Gasteiger partial charge in [0.1, 0.15) is 0 Å². The lowest BCUT2D eigenvalue weighted by atomic mass is 10.00. The van der Waals surface area contributed by atoms with Gasteiger partial charge in [-0.25, -0.2) is 0 Å². The Morgan fingerprint density at radius 1 is 0.875 bits per heavy atom. The zero-order valence-corrected chi connectivity index (χ0v) is 10.0. The first kappa shape index (κ1) is 11.5. The lowest BCUT2D eigenvalue weighted by molar-refractivity contribution is 0.872. The maximum absolute atomic E-state index is 6.14. The Labute approximate surface area is 105 Å². The molecule has 1 nitrogen and oxygen atoms in total. The van der Waals surface area contributed by atoms with Crippen LogP contribution in [0.4, 0.5) is 0 Å². The quantitative estimate of drug-likeness (QED) is 0.857. The van der Waals surface area contributed by atoms with Gasteiger partial charge in [-0.1, -0.05) is 53.5 Å². The smallest absolute Gasteiger partial charge is 0.0566 e. The lowest BCUT2D eigenvalue weighted by Gasteiger charge is -2.14. The number of benzene rings is 2. The summed E-state index contributed by atoms with van der Waals surface area (Å²) in [4.78, 5) is 0. The van der Waals surface area contributed by atoms with Gasteiger partial charge < -0.3 is 5.73 Å². The van der Waals surface area contributed by atoms with E-state index in [9.17, 15) is 0 Å². The molecule has 2 aromatic carbocycles. The van der Waals surface area contributed by atoms with Gasteiger partial charge in [-0.2, -0.15) is 0 Å². The second kappa shape index (κ2) is 4.88. The first-order chi connectivity index (χ1) is 7.68. The summed E-state index contributed by atoms with van der Waals surface area (Å²) < 4.78 is 0. The van der Waals surface area contributed by atoms with Crippen LogP contribution in [0.2, 0.25) is 10.0 Å². The summed E-state index contributed by atoms with van der Waals surface area (Å²) in [5.41, 5.74) is 8.06. The Kier molecular flexibility index (Phi) is 3.49. The van der Waals surface area contributed by atoms with Gasteiger partial charge in [-0.05, 0) is 29.3 Å². The van der Waals surface area contributed by atoms with Crippen molar-refractivity contribution in [3.63, 3.8) is 0 Å². The molecule has 0 heterocycles. The molecule has 0 spiro atoms. The van der Waals surface area contributed by atoms with Gasteiger partial charge in [-0.3, -0.25) is 0 Å². The minimum absolute atomic E-state index is 0.217. The van der Waals surface area contributed by atoms with E-state index in [0.717, 1.165) is 11.1 Å². The fraction of sp³-hybridized carbons (Fsp3) is 0.0769. The van der Waals surface area contributed by atoms with Crippen LogP contribution < -0.4 is 5.73 Å². The molecule has 2 rings (SSSR count). The second-order valence-corrected chi connectivity index (χ2v) is 4.39. The Bertz CT molecular complexity index is 480. The molecule has 0 saturated heterocycles.